The normalized spacial score (nSPS) is 13.4. The number of benzene rings is 3. The van der Waals surface area contributed by atoms with Crippen LogP contribution in [0.2, 0.25) is 0 Å². The summed E-state index contributed by atoms with van der Waals surface area (Å²) in [5.74, 6) is 0.0930. The van der Waals surface area contributed by atoms with Crippen molar-refractivity contribution in [2.75, 3.05) is 82.8 Å². The van der Waals surface area contributed by atoms with Crippen LogP contribution in [0.1, 0.15) is 78.8 Å². The third-order valence-electron chi connectivity index (χ3n) is 9.56. The molecule has 3 aromatic carbocycles. The van der Waals surface area contributed by atoms with Crippen molar-refractivity contribution in [3.8, 4) is 5.75 Å². The topological polar surface area (TPSA) is 92.8 Å². The second-order valence-electron chi connectivity index (χ2n) is 12.7. The van der Waals surface area contributed by atoms with Crippen LogP contribution in [0.25, 0.3) is 0 Å². The summed E-state index contributed by atoms with van der Waals surface area (Å²) in [6, 6.07) is 20.9. The van der Waals surface area contributed by atoms with E-state index < -0.39 is 5.91 Å². The number of rotatable bonds is 19. The van der Waals surface area contributed by atoms with E-state index in [9.17, 15) is 9.59 Å². The number of carbonyl (C=O) groups excluding carboxylic acids is 2. The fraction of sp³-hybridized carbons (Fsp3) is 0.475. The third kappa shape index (κ3) is 11.7. The number of carbonyl (C=O) groups is 2. The number of nitrogens with zero attached hydrogens (tertiary/aromatic N) is 5. The number of hydrogen-bond acceptors (Lipinski definition) is 8. The van der Waals surface area contributed by atoms with Crippen molar-refractivity contribution in [1.82, 2.24) is 20.1 Å². The van der Waals surface area contributed by atoms with Crippen LogP contribution in [0.5, 0.6) is 5.75 Å². The lowest BCUT2D eigenvalue weighted by atomic mass is 10.1. The molecule has 4 rings (SSSR count). The summed E-state index contributed by atoms with van der Waals surface area (Å²) < 4.78 is 5.22. The molecule has 1 aliphatic rings. The SMILES string of the molecule is CCN(CC)CCN(CCN(CC)CC)Cc1cccc(C(=O)Nc2ccc(N3CCCCC3)cc2C(=O)N/N=C/c2ccc(OC)cc2)c1. The molecule has 0 aromatic heterocycles. The molecule has 1 saturated heterocycles. The van der Waals surface area contributed by atoms with Crippen molar-refractivity contribution < 1.29 is 14.3 Å². The first-order chi connectivity index (χ1) is 24.4. The van der Waals surface area contributed by atoms with Crippen molar-refractivity contribution in [2.24, 2.45) is 5.10 Å². The molecule has 0 spiro atoms. The number of anilines is 2. The molecule has 0 aliphatic carbocycles. The molecule has 1 heterocycles. The molecule has 10 heteroatoms. The van der Waals surface area contributed by atoms with Gasteiger partial charge in [0, 0.05) is 57.1 Å². The first-order valence-corrected chi connectivity index (χ1v) is 18.3. The minimum Gasteiger partial charge on any atom is -0.497 e. The molecule has 270 valence electrons. The molecule has 0 saturated carbocycles. The predicted molar refractivity (Wildman–Crippen MR) is 206 cm³/mol. The van der Waals surface area contributed by atoms with Gasteiger partial charge in [0.2, 0.25) is 0 Å². The van der Waals surface area contributed by atoms with Crippen molar-refractivity contribution in [2.45, 2.75) is 53.5 Å². The number of piperidine rings is 1. The average molecular weight is 684 g/mol. The summed E-state index contributed by atoms with van der Waals surface area (Å²) in [6.07, 6.45) is 5.03. The number of hydrazone groups is 1. The Labute approximate surface area is 299 Å². The standard InChI is InChI=1S/C40H57N7O3/c1-6-44(7-2)24-26-46(27-25-45(8-3)9-4)31-33-14-13-15-34(28-33)39(48)42-38-21-18-35(47-22-11-10-12-23-47)29-37(38)40(49)43-41-30-32-16-19-36(50-5)20-17-32/h13-21,28-30H,6-12,22-27,31H2,1-5H3,(H,42,48)(H,43,49)/b41-30+. The van der Waals surface area contributed by atoms with Gasteiger partial charge in [-0.05, 0) is 111 Å². The zero-order valence-electron chi connectivity index (χ0n) is 30.8. The lowest BCUT2D eigenvalue weighted by molar-refractivity contribution is 0.0956. The number of ether oxygens (including phenoxy) is 1. The fourth-order valence-electron chi connectivity index (χ4n) is 6.27. The molecule has 3 aromatic rings. The van der Waals surface area contributed by atoms with Crippen LogP contribution in [0, 0.1) is 0 Å². The molecule has 0 unspecified atom stereocenters. The van der Waals surface area contributed by atoms with Crippen LogP contribution in [0.15, 0.2) is 71.8 Å². The molecule has 2 amide bonds. The monoisotopic (exact) mass is 683 g/mol. The van der Waals surface area contributed by atoms with Gasteiger partial charge in [-0.2, -0.15) is 5.10 Å². The quantitative estimate of drug-likeness (QED) is 0.115. The lowest BCUT2D eigenvalue weighted by Gasteiger charge is -2.29. The summed E-state index contributed by atoms with van der Waals surface area (Å²) in [6.45, 7) is 19.5. The van der Waals surface area contributed by atoms with Gasteiger partial charge in [0.15, 0.2) is 0 Å². The highest BCUT2D eigenvalue weighted by Gasteiger charge is 2.19. The van der Waals surface area contributed by atoms with E-state index in [0.717, 1.165) is 107 Å². The highest BCUT2D eigenvalue weighted by molar-refractivity contribution is 6.09. The zero-order valence-corrected chi connectivity index (χ0v) is 30.8. The summed E-state index contributed by atoms with van der Waals surface area (Å²) in [7, 11) is 1.62. The van der Waals surface area contributed by atoms with Gasteiger partial charge in [-0.15, -0.1) is 0 Å². The Morgan fingerprint density at radius 3 is 2.04 bits per heavy atom. The van der Waals surface area contributed by atoms with E-state index >= 15 is 0 Å². The number of hydrogen-bond donors (Lipinski definition) is 2. The van der Waals surface area contributed by atoms with Crippen LogP contribution in [-0.2, 0) is 6.54 Å². The van der Waals surface area contributed by atoms with Gasteiger partial charge in [0.25, 0.3) is 11.8 Å². The summed E-state index contributed by atoms with van der Waals surface area (Å²) in [5.41, 5.74) is 6.89. The Hall–Kier alpha value is -4.25. The molecule has 0 bridgehead atoms. The maximum absolute atomic E-state index is 13.7. The van der Waals surface area contributed by atoms with E-state index in [1.54, 1.807) is 13.3 Å². The van der Waals surface area contributed by atoms with Crippen molar-refractivity contribution in [3.63, 3.8) is 0 Å². The number of nitrogens with one attached hydrogen (secondary N) is 2. The van der Waals surface area contributed by atoms with Crippen molar-refractivity contribution in [3.05, 3.63) is 89.0 Å². The maximum atomic E-state index is 13.7. The van der Waals surface area contributed by atoms with Crippen LogP contribution in [-0.4, -0.2) is 105 Å². The second kappa shape index (κ2) is 20.4. The molecular formula is C40H57N7O3. The van der Waals surface area contributed by atoms with Gasteiger partial charge in [0.05, 0.1) is 24.6 Å². The van der Waals surface area contributed by atoms with Crippen LogP contribution in [0.4, 0.5) is 11.4 Å². The Morgan fingerprint density at radius 1 is 0.780 bits per heavy atom. The first-order valence-electron chi connectivity index (χ1n) is 18.3. The molecule has 1 aliphatic heterocycles. The molecule has 2 N–H and O–H groups in total. The molecule has 1 fully saturated rings. The average Bonchev–Trinajstić information content (AvgIpc) is 3.16. The summed E-state index contributed by atoms with van der Waals surface area (Å²) in [4.78, 5) is 37.0. The van der Waals surface area contributed by atoms with Gasteiger partial charge in [0.1, 0.15) is 5.75 Å². The van der Waals surface area contributed by atoms with Gasteiger partial charge in [-0.3, -0.25) is 14.5 Å². The first kappa shape index (κ1) is 38.6. The number of methoxy groups -OCH3 is 1. The van der Waals surface area contributed by atoms with E-state index in [1.807, 2.05) is 60.7 Å². The van der Waals surface area contributed by atoms with Gasteiger partial charge in [-0.25, -0.2) is 5.43 Å². The number of amides is 2. The largest absolute Gasteiger partial charge is 0.497 e. The van der Waals surface area contributed by atoms with Crippen molar-refractivity contribution >= 4 is 29.4 Å². The maximum Gasteiger partial charge on any atom is 0.273 e. The highest BCUT2D eigenvalue weighted by atomic mass is 16.5. The Kier molecular flexibility index (Phi) is 15.8. The Morgan fingerprint density at radius 2 is 1.42 bits per heavy atom. The number of likely N-dealkylation sites (N-methyl/N-ethyl adjacent to an activating group) is 2. The zero-order chi connectivity index (χ0) is 35.7. The molecule has 50 heavy (non-hydrogen) atoms. The molecule has 0 atom stereocenters. The van der Waals surface area contributed by atoms with Gasteiger partial charge >= 0.3 is 0 Å². The van der Waals surface area contributed by atoms with E-state index in [-0.39, 0.29) is 5.91 Å². The van der Waals surface area contributed by atoms with Gasteiger partial charge < -0.3 is 24.8 Å². The summed E-state index contributed by atoms with van der Waals surface area (Å²) >= 11 is 0. The third-order valence-corrected chi connectivity index (χ3v) is 9.56. The molecule has 0 radical (unpaired) electrons. The van der Waals surface area contributed by atoms with Gasteiger partial charge in [-0.1, -0.05) is 39.8 Å². The summed E-state index contributed by atoms with van der Waals surface area (Å²) in [5, 5.41) is 7.24. The molecule has 10 nitrogen and oxygen atoms in total. The van der Waals surface area contributed by atoms with E-state index in [2.05, 4.69) is 69.2 Å². The predicted octanol–water partition coefficient (Wildman–Crippen LogP) is 6.19. The van der Waals surface area contributed by atoms with E-state index in [1.165, 1.54) is 6.42 Å². The van der Waals surface area contributed by atoms with E-state index in [4.69, 9.17) is 4.74 Å². The highest BCUT2D eigenvalue weighted by Crippen LogP contribution is 2.27. The van der Waals surface area contributed by atoms with Crippen LogP contribution < -0.4 is 20.4 Å². The molecular weight excluding hydrogens is 626 g/mol. The van der Waals surface area contributed by atoms with Crippen LogP contribution >= 0.6 is 0 Å². The minimum atomic E-state index is -0.394. The Balaban J connectivity index is 1.51. The van der Waals surface area contributed by atoms with E-state index in [0.29, 0.717) is 16.8 Å². The second-order valence-corrected chi connectivity index (χ2v) is 12.7. The smallest absolute Gasteiger partial charge is 0.273 e. The minimum absolute atomic E-state index is 0.258. The fourth-order valence-corrected chi connectivity index (χ4v) is 6.27. The Bertz CT molecular complexity index is 1500. The van der Waals surface area contributed by atoms with Crippen molar-refractivity contribution in [1.29, 1.82) is 0 Å². The van der Waals surface area contributed by atoms with Crippen LogP contribution in [0.3, 0.4) is 0 Å². The lowest BCUT2D eigenvalue weighted by Crippen LogP contribution is -2.39.